The number of halogens is 1. The summed E-state index contributed by atoms with van der Waals surface area (Å²) in [5.74, 6) is -0.561. The molecule has 2 aromatic carbocycles. The molecule has 1 fully saturated rings. The number of benzene rings is 2. The summed E-state index contributed by atoms with van der Waals surface area (Å²) in [7, 11) is 5.07. The van der Waals surface area contributed by atoms with E-state index in [1.807, 2.05) is 0 Å². The molecule has 3 aromatic rings. The van der Waals surface area contributed by atoms with Crippen molar-refractivity contribution in [3.63, 3.8) is 0 Å². The second kappa shape index (κ2) is 12.4. The number of hydrogen-bond acceptors (Lipinski definition) is 8. The van der Waals surface area contributed by atoms with Crippen LogP contribution in [-0.2, 0) is 0 Å². The number of piperazine rings is 1. The van der Waals surface area contributed by atoms with Crippen molar-refractivity contribution in [3.8, 4) is 11.5 Å². The Balaban J connectivity index is 1.34. The van der Waals surface area contributed by atoms with Crippen molar-refractivity contribution in [1.29, 1.82) is 0 Å². The lowest BCUT2D eigenvalue weighted by Crippen LogP contribution is -2.46. The molecule has 0 radical (unpaired) electrons. The third kappa shape index (κ3) is 6.36. The zero-order valence-corrected chi connectivity index (χ0v) is 23.0. The lowest BCUT2D eigenvalue weighted by Gasteiger charge is -2.32. The summed E-state index contributed by atoms with van der Waals surface area (Å²) >= 11 is 7.58. The third-order valence-corrected chi connectivity index (χ3v) is 8.01. The molecule has 1 aromatic heterocycles. The van der Waals surface area contributed by atoms with Crippen LogP contribution in [0, 0.1) is 0 Å². The Morgan fingerprint density at radius 3 is 2.39 bits per heavy atom. The summed E-state index contributed by atoms with van der Waals surface area (Å²) < 4.78 is 11.3. The van der Waals surface area contributed by atoms with Crippen LogP contribution in [0.5, 0.6) is 11.5 Å². The van der Waals surface area contributed by atoms with E-state index in [0.717, 1.165) is 37.4 Å². The third-order valence-electron chi connectivity index (χ3n) is 6.35. The first-order chi connectivity index (χ1) is 18.3. The van der Waals surface area contributed by atoms with Gasteiger partial charge in [0.05, 0.1) is 24.8 Å². The summed E-state index contributed by atoms with van der Waals surface area (Å²) in [6.07, 6.45) is 0. The molecule has 3 amide bonds. The van der Waals surface area contributed by atoms with Crippen molar-refractivity contribution in [2.75, 3.05) is 60.5 Å². The van der Waals surface area contributed by atoms with E-state index in [1.54, 1.807) is 31.4 Å². The number of fused-ring (bicyclic) bond motifs is 1. The van der Waals surface area contributed by atoms with E-state index in [1.165, 1.54) is 30.6 Å². The average molecular weight is 560 g/mol. The van der Waals surface area contributed by atoms with Crippen LogP contribution in [0.15, 0.2) is 36.4 Å². The predicted molar refractivity (Wildman–Crippen MR) is 148 cm³/mol. The second-order valence-electron chi connectivity index (χ2n) is 8.83. The molecule has 0 atom stereocenters. The predicted octanol–water partition coefficient (Wildman–Crippen LogP) is 2.62. The lowest BCUT2D eigenvalue weighted by atomic mass is 10.1. The van der Waals surface area contributed by atoms with Crippen molar-refractivity contribution >= 4 is 50.7 Å². The molecule has 0 unspecified atom stereocenters. The fraction of sp³-hybridized carbons (Fsp3) is 0.346. The molecule has 0 bridgehead atoms. The van der Waals surface area contributed by atoms with Crippen LogP contribution in [0.1, 0.15) is 30.4 Å². The number of nitrogens with zero attached hydrogens (tertiary/aromatic N) is 2. The van der Waals surface area contributed by atoms with Gasteiger partial charge in [0, 0.05) is 54.9 Å². The standard InChI is InChI=1S/C26H30ClN5O5S/c1-31-10-12-32(13-11-31)9-8-28-24(33)16-4-6-18(20(14-16)37-3)25(34)29-30-26(35)23-22(27)19-7-5-17(36-2)15-21(19)38-23/h4-7,14-15H,8-13H2,1-3H3,(H,28,33)(H,29,34)(H,30,35). The molecule has 1 aliphatic rings. The van der Waals surface area contributed by atoms with Crippen molar-refractivity contribution in [2.24, 2.45) is 0 Å². The van der Waals surface area contributed by atoms with Gasteiger partial charge < -0.3 is 19.7 Å². The van der Waals surface area contributed by atoms with E-state index in [0.29, 0.717) is 28.3 Å². The van der Waals surface area contributed by atoms with Crippen LogP contribution in [-0.4, -0.2) is 88.1 Å². The molecule has 0 saturated carbocycles. The smallest absolute Gasteiger partial charge is 0.281 e. The summed E-state index contributed by atoms with van der Waals surface area (Å²) in [5, 5.41) is 3.92. The minimum absolute atomic E-state index is 0.161. The molecule has 12 heteroatoms. The van der Waals surface area contributed by atoms with Crippen LogP contribution >= 0.6 is 22.9 Å². The van der Waals surface area contributed by atoms with Crippen LogP contribution in [0.3, 0.4) is 0 Å². The fourth-order valence-corrected chi connectivity index (χ4v) is 5.52. The normalized spacial score (nSPS) is 14.2. The van der Waals surface area contributed by atoms with Crippen molar-refractivity contribution < 1.29 is 23.9 Å². The molecule has 38 heavy (non-hydrogen) atoms. The summed E-state index contributed by atoms with van der Waals surface area (Å²) in [4.78, 5) is 43.0. The Kier molecular flexibility index (Phi) is 9.05. The Morgan fingerprint density at radius 2 is 1.68 bits per heavy atom. The highest BCUT2D eigenvalue weighted by Gasteiger charge is 2.20. The molecule has 2 heterocycles. The number of likely N-dealkylation sites (N-methyl/N-ethyl adjacent to an activating group) is 1. The van der Waals surface area contributed by atoms with Gasteiger partial charge in [-0.05, 0) is 43.4 Å². The second-order valence-corrected chi connectivity index (χ2v) is 10.3. The van der Waals surface area contributed by atoms with Crippen LogP contribution < -0.4 is 25.6 Å². The number of carbonyl (C=O) groups is 3. The molecule has 4 rings (SSSR count). The maximum atomic E-state index is 12.8. The van der Waals surface area contributed by atoms with Gasteiger partial charge in [-0.2, -0.15) is 0 Å². The molecule has 3 N–H and O–H groups in total. The minimum atomic E-state index is -0.601. The van der Waals surface area contributed by atoms with Crippen molar-refractivity contribution in [2.45, 2.75) is 0 Å². The number of hydrogen-bond donors (Lipinski definition) is 3. The summed E-state index contributed by atoms with van der Waals surface area (Å²) in [5.41, 5.74) is 5.31. The SMILES string of the molecule is COc1ccc2c(Cl)c(C(=O)NNC(=O)c3ccc(C(=O)NCCN4CCN(C)CC4)cc3OC)sc2c1. The molecule has 0 aliphatic carbocycles. The van der Waals surface area contributed by atoms with E-state index in [9.17, 15) is 14.4 Å². The van der Waals surface area contributed by atoms with E-state index in [4.69, 9.17) is 21.1 Å². The van der Waals surface area contributed by atoms with Gasteiger partial charge in [0.1, 0.15) is 16.4 Å². The van der Waals surface area contributed by atoms with Crippen molar-refractivity contribution in [1.82, 2.24) is 26.0 Å². The first-order valence-corrected chi connectivity index (χ1v) is 13.2. The van der Waals surface area contributed by atoms with Crippen molar-refractivity contribution in [3.05, 3.63) is 57.4 Å². The van der Waals surface area contributed by atoms with Gasteiger partial charge in [0.15, 0.2) is 0 Å². The molecular weight excluding hydrogens is 530 g/mol. The molecule has 10 nitrogen and oxygen atoms in total. The zero-order valence-electron chi connectivity index (χ0n) is 21.4. The van der Waals surface area contributed by atoms with E-state index in [-0.39, 0.29) is 22.1 Å². The van der Waals surface area contributed by atoms with Crippen LogP contribution in [0.4, 0.5) is 0 Å². The summed E-state index contributed by atoms with van der Waals surface area (Å²) in [6.45, 7) is 5.28. The molecular formula is C26H30ClN5O5S. The topological polar surface area (TPSA) is 112 Å². The highest BCUT2D eigenvalue weighted by molar-refractivity contribution is 7.21. The number of rotatable bonds is 8. The average Bonchev–Trinajstić information content (AvgIpc) is 3.27. The number of ether oxygens (including phenoxy) is 2. The largest absolute Gasteiger partial charge is 0.497 e. The van der Waals surface area contributed by atoms with Gasteiger partial charge in [-0.3, -0.25) is 30.1 Å². The van der Waals surface area contributed by atoms with E-state index >= 15 is 0 Å². The Hall–Kier alpha value is -3.38. The number of methoxy groups -OCH3 is 2. The Morgan fingerprint density at radius 1 is 0.947 bits per heavy atom. The highest BCUT2D eigenvalue weighted by atomic mass is 35.5. The fourth-order valence-electron chi connectivity index (χ4n) is 4.08. The number of amides is 3. The molecule has 0 spiro atoms. The number of thiophene rings is 1. The quantitative estimate of drug-likeness (QED) is 0.364. The number of hydrazine groups is 1. The molecule has 1 saturated heterocycles. The maximum absolute atomic E-state index is 12.8. The van der Waals surface area contributed by atoms with Gasteiger partial charge in [-0.25, -0.2) is 0 Å². The van der Waals surface area contributed by atoms with Gasteiger partial charge in [0.25, 0.3) is 17.7 Å². The summed E-state index contributed by atoms with van der Waals surface area (Å²) in [6, 6.07) is 9.84. The Bertz CT molecular complexity index is 1340. The lowest BCUT2D eigenvalue weighted by molar-refractivity contribution is 0.0847. The maximum Gasteiger partial charge on any atom is 0.281 e. The first-order valence-electron chi connectivity index (χ1n) is 12.0. The van der Waals surface area contributed by atoms with Gasteiger partial charge in [0.2, 0.25) is 0 Å². The van der Waals surface area contributed by atoms with Crippen LogP contribution in [0.2, 0.25) is 5.02 Å². The van der Waals surface area contributed by atoms with E-state index < -0.39 is 11.8 Å². The van der Waals surface area contributed by atoms with Crippen LogP contribution in [0.25, 0.3) is 10.1 Å². The highest BCUT2D eigenvalue weighted by Crippen LogP contribution is 2.37. The minimum Gasteiger partial charge on any atom is -0.497 e. The zero-order chi connectivity index (χ0) is 27.2. The van der Waals surface area contributed by atoms with E-state index in [2.05, 4.69) is 33.0 Å². The number of carbonyl (C=O) groups excluding carboxylic acids is 3. The molecule has 202 valence electrons. The first kappa shape index (κ1) is 27.6. The monoisotopic (exact) mass is 559 g/mol. The molecule has 1 aliphatic heterocycles. The van der Waals surface area contributed by atoms with Gasteiger partial charge in [-0.15, -0.1) is 11.3 Å². The van der Waals surface area contributed by atoms with Gasteiger partial charge >= 0.3 is 0 Å². The Labute approximate surface area is 229 Å². The van der Waals surface area contributed by atoms with Gasteiger partial charge in [-0.1, -0.05) is 11.6 Å². The number of nitrogens with one attached hydrogen (secondary N) is 3.